The smallest absolute Gasteiger partial charge is 0.238 e. The van der Waals surface area contributed by atoms with Crippen LogP contribution < -0.4 is 10.6 Å². The monoisotopic (exact) mass is 258 g/mol. The van der Waals surface area contributed by atoms with Crippen molar-refractivity contribution in [2.75, 3.05) is 18.5 Å². The summed E-state index contributed by atoms with van der Waals surface area (Å²) in [7, 11) is 0. The summed E-state index contributed by atoms with van der Waals surface area (Å²) in [5.41, 5.74) is -0.677. The van der Waals surface area contributed by atoms with Crippen LogP contribution >= 0.6 is 0 Å². The fourth-order valence-electron chi connectivity index (χ4n) is 1.16. The van der Waals surface area contributed by atoms with E-state index >= 15 is 0 Å². The van der Waals surface area contributed by atoms with Crippen LogP contribution in [0.4, 0.5) is 14.5 Å². The molecule has 3 N–H and O–H groups in total. The SMILES string of the molecule is CC(C)(CO)NCC(=O)Nc1ccc(F)cc1F. The van der Waals surface area contributed by atoms with Gasteiger partial charge in [-0.15, -0.1) is 0 Å². The number of amides is 1. The molecule has 1 aromatic carbocycles. The first-order chi connectivity index (χ1) is 8.34. The second kappa shape index (κ2) is 5.88. The average molecular weight is 258 g/mol. The van der Waals surface area contributed by atoms with Gasteiger partial charge in [0.25, 0.3) is 0 Å². The highest BCUT2D eigenvalue weighted by Gasteiger charge is 2.17. The maximum Gasteiger partial charge on any atom is 0.238 e. The Morgan fingerprint density at radius 3 is 2.61 bits per heavy atom. The molecule has 6 heteroatoms. The fourth-order valence-corrected chi connectivity index (χ4v) is 1.16. The van der Waals surface area contributed by atoms with E-state index in [1.54, 1.807) is 13.8 Å². The first kappa shape index (κ1) is 14.5. The van der Waals surface area contributed by atoms with Crippen molar-refractivity contribution < 1.29 is 18.7 Å². The van der Waals surface area contributed by atoms with Crippen molar-refractivity contribution in [2.45, 2.75) is 19.4 Å². The second-order valence-electron chi connectivity index (χ2n) is 4.57. The summed E-state index contributed by atoms with van der Waals surface area (Å²) < 4.78 is 25.9. The number of aliphatic hydroxyl groups excluding tert-OH is 1. The largest absolute Gasteiger partial charge is 0.394 e. The fraction of sp³-hybridized carbons (Fsp3) is 0.417. The summed E-state index contributed by atoms with van der Waals surface area (Å²) in [4.78, 5) is 11.5. The van der Waals surface area contributed by atoms with Gasteiger partial charge in [-0.3, -0.25) is 4.79 Å². The molecule has 0 bridgehead atoms. The molecule has 0 radical (unpaired) electrons. The van der Waals surface area contributed by atoms with Gasteiger partial charge in [-0.1, -0.05) is 0 Å². The Morgan fingerprint density at radius 2 is 2.06 bits per heavy atom. The number of carbonyl (C=O) groups is 1. The molecule has 1 aromatic rings. The number of hydrogen-bond donors (Lipinski definition) is 3. The van der Waals surface area contributed by atoms with Gasteiger partial charge in [-0.05, 0) is 26.0 Å². The Bertz CT molecular complexity index is 436. The molecule has 0 atom stereocenters. The zero-order valence-corrected chi connectivity index (χ0v) is 10.3. The van der Waals surface area contributed by atoms with Gasteiger partial charge in [0.15, 0.2) is 0 Å². The lowest BCUT2D eigenvalue weighted by atomic mass is 10.1. The lowest BCUT2D eigenvalue weighted by molar-refractivity contribution is -0.115. The molecule has 0 spiro atoms. The van der Waals surface area contributed by atoms with Crippen LogP contribution in [0, 0.1) is 11.6 Å². The summed E-state index contributed by atoms with van der Waals surface area (Å²) in [6.07, 6.45) is 0. The summed E-state index contributed by atoms with van der Waals surface area (Å²) in [6, 6.07) is 2.91. The van der Waals surface area contributed by atoms with Crippen LogP contribution in [0.15, 0.2) is 18.2 Å². The van der Waals surface area contributed by atoms with Gasteiger partial charge in [0, 0.05) is 11.6 Å². The van der Waals surface area contributed by atoms with Crippen molar-refractivity contribution in [1.29, 1.82) is 0 Å². The Hall–Kier alpha value is -1.53. The van der Waals surface area contributed by atoms with Gasteiger partial charge in [0.2, 0.25) is 5.91 Å². The Morgan fingerprint density at radius 1 is 1.39 bits per heavy atom. The number of nitrogens with one attached hydrogen (secondary N) is 2. The van der Waals surface area contributed by atoms with Gasteiger partial charge in [-0.2, -0.15) is 0 Å². The van der Waals surface area contributed by atoms with Crippen molar-refractivity contribution in [3.63, 3.8) is 0 Å². The van der Waals surface area contributed by atoms with Crippen LogP contribution in [0.3, 0.4) is 0 Å². The third-order valence-corrected chi connectivity index (χ3v) is 2.33. The van der Waals surface area contributed by atoms with Crippen molar-refractivity contribution >= 4 is 11.6 Å². The zero-order valence-electron chi connectivity index (χ0n) is 10.3. The normalized spacial score (nSPS) is 11.4. The number of halogens is 2. The maximum atomic E-state index is 13.2. The lowest BCUT2D eigenvalue weighted by Crippen LogP contribution is -2.46. The number of benzene rings is 1. The Kier molecular flexibility index (Phi) is 4.75. The number of aliphatic hydroxyl groups is 1. The molecule has 0 aromatic heterocycles. The highest BCUT2D eigenvalue weighted by atomic mass is 19.1. The van der Waals surface area contributed by atoms with E-state index in [0.29, 0.717) is 6.07 Å². The van der Waals surface area contributed by atoms with Gasteiger partial charge < -0.3 is 15.7 Å². The first-order valence-electron chi connectivity index (χ1n) is 5.45. The summed E-state index contributed by atoms with van der Waals surface area (Å²) in [5.74, 6) is -2.00. The average Bonchev–Trinajstić information content (AvgIpc) is 2.30. The van der Waals surface area contributed by atoms with E-state index in [4.69, 9.17) is 5.11 Å². The number of carbonyl (C=O) groups excluding carboxylic acids is 1. The van der Waals surface area contributed by atoms with Crippen LogP contribution in [0.2, 0.25) is 0 Å². The molecule has 0 aliphatic carbocycles. The Labute approximate surface area is 104 Å². The minimum absolute atomic E-state index is 0.0787. The number of anilines is 1. The number of hydrogen-bond acceptors (Lipinski definition) is 3. The standard InChI is InChI=1S/C12H16F2N2O2/c1-12(2,7-17)15-6-11(18)16-10-4-3-8(13)5-9(10)14/h3-5,15,17H,6-7H2,1-2H3,(H,16,18). The minimum atomic E-state index is -0.829. The summed E-state index contributed by atoms with van der Waals surface area (Å²) >= 11 is 0. The molecular formula is C12H16F2N2O2. The van der Waals surface area contributed by atoms with E-state index in [-0.39, 0.29) is 18.8 Å². The second-order valence-corrected chi connectivity index (χ2v) is 4.57. The van der Waals surface area contributed by atoms with Crippen molar-refractivity contribution in [2.24, 2.45) is 0 Å². The molecule has 0 unspecified atom stereocenters. The third kappa shape index (κ3) is 4.38. The van der Waals surface area contributed by atoms with Crippen molar-refractivity contribution in [1.82, 2.24) is 5.32 Å². The van der Waals surface area contributed by atoms with E-state index in [1.165, 1.54) is 0 Å². The van der Waals surface area contributed by atoms with E-state index < -0.39 is 23.1 Å². The van der Waals surface area contributed by atoms with Crippen LogP contribution in [0.1, 0.15) is 13.8 Å². The summed E-state index contributed by atoms with van der Waals surface area (Å²) in [6.45, 7) is 3.23. The maximum absolute atomic E-state index is 13.2. The molecule has 0 saturated heterocycles. The highest BCUT2D eigenvalue weighted by Crippen LogP contribution is 2.14. The zero-order chi connectivity index (χ0) is 13.8. The number of rotatable bonds is 5. The quantitative estimate of drug-likeness (QED) is 0.745. The van der Waals surface area contributed by atoms with Crippen molar-refractivity contribution in [3.05, 3.63) is 29.8 Å². The molecule has 1 amide bonds. The molecule has 0 aliphatic heterocycles. The predicted octanol–water partition coefficient (Wildman–Crippen LogP) is 1.26. The minimum Gasteiger partial charge on any atom is -0.394 e. The van der Waals surface area contributed by atoms with Gasteiger partial charge in [-0.25, -0.2) is 8.78 Å². The van der Waals surface area contributed by atoms with Crippen LogP contribution in [0.5, 0.6) is 0 Å². The molecule has 4 nitrogen and oxygen atoms in total. The molecule has 0 heterocycles. The van der Waals surface area contributed by atoms with Crippen molar-refractivity contribution in [3.8, 4) is 0 Å². The van der Waals surface area contributed by atoms with E-state index in [2.05, 4.69) is 10.6 Å². The molecule has 18 heavy (non-hydrogen) atoms. The highest BCUT2D eigenvalue weighted by molar-refractivity contribution is 5.92. The van der Waals surface area contributed by atoms with Crippen LogP contribution in [-0.4, -0.2) is 29.7 Å². The Balaban J connectivity index is 2.55. The first-order valence-corrected chi connectivity index (χ1v) is 5.45. The van der Waals surface area contributed by atoms with Gasteiger partial charge >= 0.3 is 0 Å². The lowest BCUT2D eigenvalue weighted by Gasteiger charge is -2.23. The molecule has 1 rings (SSSR count). The molecule has 0 saturated carbocycles. The van der Waals surface area contributed by atoms with Crippen LogP contribution in [0.25, 0.3) is 0 Å². The topological polar surface area (TPSA) is 61.4 Å². The van der Waals surface area contributed by atoms with E-state index in [0.717, 1.165) is 12.1 Å². The summed E-state index contributed by atoms with van der Waals surface area (Å²) in [5, 5.41) is 14.1. The van der Waals surface area contributed by atoms with Crippen LogP contribution in [-0.2, 0) is 4.79 Å². The molecule has 100 valence electrons. The van der Waals surface area contributed by atoms with Gasteiger partial charge in [0.1, 0.15) is 11.6 Å². The molecule has 0 fully saturated rings. The van der Waals surface area contributed by atoms with Gasteiger partial charge in [0.05, 0.1) is 18.8 Å². The molecule has 0 aliphatic rings. The van der Waals surface area contributed by atoms with E-state index in [1.807, 2.05) is 0 Å². The molecular weight excluding hydrogens is 242 g/mol. The predicted molar refractivity (Wildman–Crippen MR) is 64.2 cm³/mol. The van der Waals surface area contributed by atoms with E-state index in [9.17, 15) is 13.6 Å². The third-order valence-electron chi connectivity index (χ3n) is 2.33.